The molecule has 20 heavy (non-hydrogen) atoms. The molecule has 0 spiro atoms. The Labute approximate surface area is 117 Å². The van der Waals surface area contributed by atoms with Crippen molar-refractivity contribution >= 4 is 11.9 Å². The van der Waals surface area contributed by atoms with E-state index >= 15 is 0 Å². The maximum absolute atomic E-state index is 13.1. The highest BCUT2D eigenvalue weighted by Gasteiger charge is 2.66. The van der Waals surface area contributed by atoms with Crippen molar-refractivity contribution in [3.63, 3.8) is 0 Å². The van der Waals surface area contributed by atoms with Crippen molar-refractivity contribution in [1.82, 2.24) is 4.90 Å². The molecule has 0 radical (unpaired) electrons. The van der Waals surface area contributed by atoms with Crippen LogP contribution in [0.3, 0.4) is 0 Å². The van der Waals surface area contributed by atoms with E-state index in [4.69, 9.17) is 5.11 Å². The number of nitrogens with zero attached hydrogens (tertiary/aromatic N) is 1. The predicted molar refractivity (Wildman–Crippen MR) is 71.3 cm³/mol. The van der Waals surface area contributed by atoms with Gasteiger partial charge in [-0.2, -0.15) is 0 Å². The summed E-state index contributed by atoms with van der Waals surface area (Å²) in [5.41, 5.74) is 0.172. The zero-order valence-corrected chi connectivity index (χ0v) is 11.8. The average Bonchev–Trinajstić information content (AvgIpc) is 2.91. The number of benzene rings is 1. The average molecular weight is 279 g/mol. The molecular weight excluding hydrogens is 261 g/mol. The summed E-state index contributed by atoms with van der Waals surface area (Å²) < 4.78 is 13.1. The van der Waals surface area contributed by atoms with Crippen LogP contribution >= 0.6 is 0 Å². The monoisotopic (exact) mass is 279 g/mol. The molecule has 4 nitrogen and oxygen atoms in total. The van der Waals surface area contributed by atoms with Gasteiger partial charge in [0.25, 0.3) is 0 Å². The lowest BCUT2D eigenvalue weighted by molar-refractivity contribution is -0.141. The molecule has 1 N–H and O–H groups in total. The van der Waals surface area contributed by atoms with E-state index in [9.17, 15) is 14.0 Å². The molecule has 1 amide bonds. The third kappa shape index (κ3) is 2.53. The van der Waals surface area contributed by atoms with Crippen molar-refractivity contribution < 1.29 is 19.1 Å². The van der Waals surface area contributed by atoms with Crippen molar-refractivity contribution in [3.05, 3.63) is 35.6 Å². The highest BCUT2D eigenvalue weighted by molar-refractivity contribution is 5.91. The summed E-state index contributed by atoms with van der Waals surface area (Å²) in [4.78, 5) is 24.9. The minimum Gasteiger partial charge on any atom is -0.481 e. The molecule has 0 unspecified atom stereocenters. The first-order chi connectivity index (χ1) is 9.25. The zero-order chi connectivity index (χ0) is 15.1. The topological polar surface area (TPSA) is 57.6 Å². The Morgan fingerprint density at radius 3 is 2.50 bits per heavy atom. The van der Waals surface area contributed by atoms with E-state index in [-0.39, 0.29) is 18.3 Å². The molecule has 2 atom stereocenters. The van der Waals surface area contributed by atoms with Gasteiger partial charge in [-0.3, -0.25) is 9.59 Å². The van der Waals surface area contributed by atoms with E-state index in [0.717, 1.165) is 0 Å². The Hall–Kier alpha value is -1.91. The molecule has 0 heterocycles. The molecule has 0 saturated heterocycles. The van der Waals surface area contributed by atoms with Crippen LogP contribution < -0.4 is 0 Å². The van der Waals surface area contributed by atoms with Crippen LogP contribution in [-0.4, -0.2) is 28.9 Å². The van der Waals surface area contributed by atoms with Crippen molar-refractivity contribution in [2.24, 2.45) is 17.3 Å². The molecule has 1 aromatic rings. The second-order valence-electron chi connectivity index (χ2n) is 5.94. The molecule has 2 rings (SSSR count). The molecule has 1 aliphatic carbocycles. The van der Waals surface area contributed by atoms with Gasteiger partial charge in [-0.1, -0.05) is 26.0 Å². The van der Waals surface area contributed by atoms with Gasteiger partial charge in [-0.05, 0) is 23.1 Å². The molecular formula is C15H18FNO3. The van der Waals surface area contributed by atoms with Crippen LogP contribution in [0, 0.1) is 23.1 Å². The summed E-state index contributed by atoms with van der Waals surface area (Å²) in [6.45, 7) is 3.84. The smallest absolute Gasteiger partial charge is 0.307 e. The number of carbonyl (C=O) groups excluding carboxylic acids is 1. The molecule has 0 aromatic heterocycles. The molecule has 1 fully saturated rings. The predicted octanol–water partition coefficient (Wildman–Crippen LogP) is 2.14. The third-order valence-electron chi connectivity index (χ3n) is 4.04. The van der Waals surface area contributed by atoms with E-state index < -0.39 is 23.2 Å². The molecule has 0 bridgehead atoms. The normalized spacial score (nSPS) is 23.2. The number of hydrogen-bond donors (Lipinski definition) is 1. The summed E-state index contributed by atoms with van der Waals surface area (Å²) in [7, 11) is 1.61. The van der Waals surface area contributed by atoms with E-state index in [1.54, 1.807) is 33.0 Å². The molecule has 1 aromatic carbocycles. The van der Waals surface area contributed by atoms with E-state index in [1.165, 1.54) is 17.0 Å². The lowest BCUT2D eigenvalue weighted by atomic mass is 10.1. The molecule has 1 aliphatic rings. The van der Waals surface area contributed by atoms with Gasteiger partial charge in [0.1, 0.15) is 5.82 Å². The fourth-order valence-electron chi connectivity index (χ4n) is 2.78. The maximum Gasteiger partial charge on any atom is 0.307 e. The van der Waals surface area contributed by atoms with Gasteiger partial charge in [0.05, 0.1) is 11.8 Å². The van der Waals surface area contributed by atoms with Gasteiger partial charge < -0.3 is 10.0 Å². The van der Waals surface area contributed by atoms with Crippen LogP contribution in [-0.2, 0) is 16.1 Å². The van der Waals surface area contributed by atoms with Gasteiger partial charge in [0.2, 0.25) is 5.91 Å². The summed E-state index contributed by atoms with van der Waals surface area (Å²) in [6, 6.07) is 6.04. The Morgan fingerprint density at radius 2 is 2.00 bits per heavy atom. The molecule has 108 valence electrons. The number of rotatable bonds is 4. The van der Waals surface area contributed by atoms with Crippen molar-refractivity contribution in [2.75, 3.05) is 7.05 Å². The number of halogens is 1. The molecule has 1 saturated carbocycles. The summed E-state index contributed by atoms with van der Waals surface area (Å²) in [5.74, 6) is -2.62. The molecule has 5 heteroatoms. The third-order valence-corrected chi connectivity index (χ3v) is 4.04. The number of carbonyl (C=O) groups is 2. The minimum atomic E-state index is -0.937. The number of hydrogen-bond acceptors (Lipinski definition) is 2. The fraction of sp³-hybridized carbons (Fsp3) is 0.467. The lowest BCUT2D eigenvalue weighted by Gasteiger charge is -2.18. The van der Waals surface area contributed by atoms with E-state index in [2.05, 4.69) is 0 Å². The fourth-order valence-corrected chi connectivity index (χ4v) is 2.78. The van der Waals surface area contributed by atoms with Gasteiger partial charge in [-0.25, -0.2) is 4.39 Å². The van der Waals surface area contributed by atoms with Crippen molar-refractivity contribution in [1.29, 1.82) is 0 Å². The van der Waals surface area contributed by atoms with Crippen LogP contribution in [0.4, 0.5) is 4.39 Å². The summed E-state index contributed by atoms with van der Waals surface area (Å²) in [6.07, 6.45) is 0. The van der Waals surface area contributed by atoms with Crippen LogP contribution in [0.1, 0.15) is 19.4 Å². The van der Waals surface area contributed by atoms with Gasteiger partial charge in [0, 0.05) is 13.6 Å². The second-order valence-corrected chi connectivity index (χ2v) is 5.94. The van der Waals surface area contributed by atoms with E-state index in [0.29, 0.717) is 5.56 Å². The Bertz CT molecular complexity index is 556. The van der Waals surface area contributed by atoms with Crippen LogP contribution in [0.25, 0.3) is 0 Å². The van der Waals surface area contributed by atoms with Crippen LogP contribution in [0.2, 0.25) is 0 Å². The lowest BCUT2D eigenvalue weighted by Crippen LogP contribution is -2.29. The second kappa shape index (κ2) is 4.89. The largest absolute Gasteiger partial charge is 0.481 e. The first-order valence-corrected chi connectivity index (χ1v) is 6.47. The van der Waals surface area contributed by atoms with Crippen LogP contribution in [0.15, 0.2) is 24.3 Å². The number of aliphatic carboxylic acids is 1. The van der Waals surface area contributed by atoms with Gasteiger partial charge >= 0.3 is 5.97 Å². The standard InChI is InChI=1S/C15H18FNO3/c1-15(2)11(12(15)14(19)20)13(18)17(3)8-9-5-4-6-10(16)7-9/h4-7,11-12H,8H2,1-3H3,(H,19,20)/t11-,12+/m1/s1. The Balaban J connectivity index is 2.05. The SMILES string of the molecule is CN(Cc1cccc(F)c1)C(=O)[C@H]1[C@@H](C(=O)O)C1(C)C. The van der Waals surface area contributed by atoms with E-state index in [1.807, 2.05) is 0 Å². The first kappa shape index (κ1) is 14.5. The number of carboxylic acid groups (broad SMARTS) is 1. The Kier molecular flexibility index (Phi) is 3.54. The number of amides is 1. The van der Waals surface area contributed by atoms with Gasteiger partial charge in [-0.15, -0.1) is 0 Å². The minimum absolute atomic E-state index is 0.202. The van der Waals surface area contributed by atoms with Crippen molar-refractivity contribution in [3.8, 4) is 0 Å². The van der Waals surface area contributed by atoms with Gasteiger partial charge in [0.15, 0.2) is 0 Å². The highest BCUT2D eigenvalue weighted by Crippen LogP contribution is 2.58. The number of carboxylic acids is 1. The maximum atomic E-state index is 13.1. The summed E-state index contributed by atoms with van der Waals surface area (Å²) in [5, 5.41) is 9.10. The zero-order valence-electron chi connectivity index (χ0n) is 11.8. The van der Waals surface area contributed by atoms with Crippen LogP contribution in [0.5, 0.6) is 0 Å². The quantitative estimate of drug-likeness (QED) is 0.918. The first-order valence-electron chi connectivity index (χ1n) is 6.47. The highest BCUT2D eigenvalue weighted by atomic mass is 19.1. The molecule has 0 aliphatic heterocycles. The summed E-state index contributed by atoms with van der Waals surface area (Å²) >= 11 is 0. The Morgan fingerprint density at radius 1 is 1.35 bits per heavy atom. The van der Waals surface area contributed by atoms with Crippen molar-refractivity contribution in [2.45, 2.75) is 20.4 Å².